The molecule has 0 bridgehead atoms. The van der Waals surface area contributed by atoms with Crippen LogP contribution in [-0.4, -0.2) is 25.2 Å². The van der Waals surface area contributed by atoms with Gasteiger partial charge in [-0.15, -0.1) is 0 Å². The zero-order chi connectivity index (χ0) is 15.4. The average Bonchev–Trinajstić information content (AvgIpc) is 2.53. The molecule has 0 fully saturated rings. The fourth-order valence-electron chi connectivity index (χ4n) is 1.94. The van der Waals surface area contributed by atoms with E-state index in [1.165, 1.54) is 0 Å². The lowest BCUT2D eigenvalue weighted by Gasteiger charge is -2.21. The van der Waals surface area contributed by atoms with Gasteiger partial charge in [-0.2, -0.15) is 0 Å². The maximum Gasteiger partial charge on any atom is 0.171 e. The van der Waals surface area contributed by atoms with Gasteiger partial charge >= 0.3 is 0 Å². The first-order valence-corrected chi connectivity index (χ1v) is 7.01. The van der Waals surface area contributed by atoms with Gasteiger partial charge in [0.25, 0.3) is 0 Å². The van der Waals surface area contributed by atoms with Crippen LogP contribution in [0, 0.1) is 0 Å². The minimum atomic E-state index is 0.0671. The summed E-state index contributed by atoms with van der Waals surface area (Å²) in [5.41, 5.74) is 8.21. The van der Waals surface area contributed by atoms with E-state index in [1.807, 2.05) is 48.3 Å². The number of nitrogens with zero attached hydrogens (tertiary/aromatic N) is 2. The smallest absolute Gasteiger partial charge is 0.171 e. The third-order valence-corrected chi connectivity index (χ3v) is 3.82. The molecule has 5 nitrogen and oxygen atoms in total. The van der Waals surface area contributed by atoms with Crippen molar-refractivity contribution >= 4 is 33.1 Å². The molecule has 0 aromatic heterocycles. The molecule has 21 heavy (non-hydrogen) atoms. The molecule has 0 saturated carbocycles. The highest BCUT2D eigenvalue weighted by atomic mass is 79.9. The first-order chi connectivity index (χ1) is 10.1. The van der Waals surface area contributed by atoms with Crippen LogP contribution >= 0.6 is 15.9 Å². The van der Waals surface area contributed by atoms with E-state index >= 15 is 0 Å². The summed E-state index contributed by atoms with van der Waals surface area (Å²) in [6.45, 7) is 0. The molecule has 0 radical (unpaired) electrons. The molecule has 6 heteroatoms. The Kier molecular flexibility index (Phi) is 4.70. The van der Waals surface area contributed by atoms with Crippen LogP contribution in [0.1, 0.15) is 5.56 Å². The van der Waals surface area contributed by atoms with Gasteiger partial charge in [0.05, 0.1) is 7.11 Å². The number of benzene rings is 2. The highest BCUT2D eigenvalue weighted by Gasteiger charge is 2.10. The lowest BCUT2D eigenvalue weighted by Crippen LogP contribution is -2.15. The van der Waals surface area contributed by atoms with Crippen molar-refractivity contribution in [2.75, 3.05) is 19.1 Å². The van der Waals surface area contributed by atoms with E-state index < -0.39 is 0 Å². The Bertz CT molecular complexity index is 674. The number of anilines is 2. The number of methoxy groups -OCH3 is 1. The zero-order valence-electron chi connectivity index (χ0n) is 11.7. The number of amidine groups is 1. The first-order valence-electron chi connectivity index (χ1n) is 6.22. The monoisotopic (exact) mass is 349 g/mol. The fraction of sp³-hybridized carbons (Fsp3) is 0.133. The van der Waals surface area contributed by atoms with Gasteiger partial charge in [0, 0.05) is 34.5 Å². The van der Waals surface area contributed by atoms with Crippen LogP contribution in [0.15, 0.2) is 52.1 Å². The van der Waals surface area contributed by atoms with Crippen molar-refractivity contribution in [1.29, 1.82) is 0 Å². The van der Waals surface area contributed by atoms with E-state index in [9.17, 15) is 0 Å². The van der Waals surface area contributed by atoms with Crippen LogP contribution in [0.4, 0.5) is 11.4 Å². The second-order valence-electron chi connectivity index (χ2n) is 4.41. The summed E-state index contributed by atoms with van der Waals surface area (Å²) in [4.78, 5) is 2.02. The Morgan fingerprint density at radius 1 is 1.24 bits per heavy atom. The Balaban J connectivity index is 2.35. The predicted octanol–water partition coefficient (Wildman–Crippen LogP) is 3.32. The topological polar surface area (TPSA) is 71.1 Å². The van der Waals surface area contributed by atoms with Crippen LogP contribution in [0.3, 0.4) is 0 Å². The maximum absolute atomic E-state index is 8.74. The number of rotatable bonds is 4. The molecule has 0 saturated heterocycles. The van der Waals surface area contributed by atoms with Crippen LogP contribution in [0.2, 0.25) is 0 Å². The first kappa shape index (κ1) is 15.2. The highest BCUT2D eigenvalue weighted by Crippen LogP contribution is 2.30. The molecule has 0 spiro atoms. The van der Waals surface area contributed by atoms with Crippen molar-refractivity contribution in [3.05, 3.63) is 52.5 Å². The molecule has 0 aliphatic heterocycles. The van der Waals surface area contributed by atoms with Gasteiger partial charge in [-0.1, -0.05) is 11.2 Å². The molecule has 0 amide bonds. The number of hydrogen-bond donors (Lipinski definition) is 2. The molecule has 0 aliphatic rings. The minimum absolute atomic E-state index is 0.0671. The Morgan fingerprint density at radius 2 is 1.95 bits per heavy atom. The summed E-state index contributed by atoms with van der Waals surface area (Å²) in [6.07, 6.45) is 0. The van der Waals surface area contributed by atoms with Gasteiger partial charge in [-0.3, -0.25) is 0 Å². The second-order valence-corrected chi connectivity index (χ2v) is 5.26. The van der Waals surface area contributed by atoms with Gasteiger partial charge in [0.15, 0.2) is 5.84 Å². The molecular weight excluding hydrogens is 334 g/mol. The number of ether oxygens (including phenoxy) is 1. The Morgan fingerprint density at radius 3 is 2.57 bits per heavy atom. The quantitative estimate of drug-likeness (QED) is 0.384. The second kappa shape index (κ2) is 6.49. The molecule has 110 valence electrons. The number of halogens is 1. The summed E-state index contributed by atoms with van der Waals surface area (Å²) in [6, 6.07) is 13.4. The van der Waals surface area contributed by atoms with Crippen LogP contribution < -0.4 is 15.4 Å². The van der Waals surface area contributed by atoms with Crippen LogP contribution in [0.5, 0.6) is 5.75 Å². The standard InChI is InChI=1S/C15H16BrN3O2/c1-19(10-4-3-5-12(8-10)21-2)11-6-7-13(14(16)9-11)15(17)18-20/h3-9,20H,1-2H3,(H2,17,18). The van der Waals surface area contributed by atoms with Crippen molar-refractivity contribution in [2.45, 2.75) is 0 Å². The maximum atomic E-state index is 8.74. The lowest BCUT2D eigenvalue weighted by atomic mass is 10.1. The minimum Gasteiger partial charge on any atom is -0.497 e. The summed E-state index contributed by atoms with van der Waals surface area (Å²) in [5, 5.41) is 11.8. The van der Waals surface area contributed by atoms with Gasteiger partial charge in [-0.25, -0.2) is 0 Å². The lowest BCUT2D eigenvalue weighted by molar-refractivity contribution is 0.318. The number of oxime groups is 1. The van der Waals surface area contributed by atoms with Crippen molar-refractivity contribution in [1.82, 2.24) is 0 Å². The van der Waals surface area contributed by atoms with Crippen molar-refractivity contribution in [3.8, 4) is 5.75 Å². The Hall–Kier alpha value is -2.21. The van der Waals surface area contributed by atoms with Crippen LogP contribution in [-0.2, 0) is 0 Å². The molecule has 2 rings (SSSR count). The SMILES string of the molecule is COc1cccc(N(C)c2ccc(/C(N)=N/O)c(Br)c2)c1. The van der Waals surface area contributed by atoms with Gasteiger partial charge in [0.2, 0.25) is 0 Å². The number of nitrogens with two attached hydrogens (primary N) is 1. The zero-order valence-corrected chi connectivity index (χ0v) is 13.3. The van der Waals surface area contributed by atoms with Gasteiger partial charge in [0.1, 0.15) is 5.75 Å². The van der Waals surface area contributed by atoms with Crippen molar-refractivity contribution in [2.24, 2.45) is 10.9 Å². The van der Waals surface area contributed by atoms with E-state index in [-0.39, 0.29) is 5.84 Å². The van der Waals surface area contributed by atoms with Crippen molar-refractivity contribution < 1.29 is 9.94 Å². The molecule has 0 unspecified atom stereocenters. The van der Waals surface area contributed by atoms with E-state index in [0.29, 0.717) is 5.56 Å². The number of hydrogen-bond acceptors (Lipinski definition) is 4. The fourth-order valence-corrected chi connectivity index (χ4v) is 2.51. The van der Waals surface area contributed by atoms with Gasteiger partial charge in [-0.05, 0) is 46.3 Å². The molecule has 0 aliphatic carbocycles. The summed E-state index contributed by atoms with van der Waals surface area (Å²) in [7, 11) is 3.60. The van der Waals surface area contributed by atoms with Crippen molar-refractivity contribution in [3.63, 3.8) is 0 Å². The normalized spacial score (nSPS) is 11.3. The highest BCUT2D eigenvalue weighted by molar-refractivity contribution is 9.10. The third-order valence-electron chi connectivity index (χ3n) is 3.16. The van der Waals surface area contributed by atoms with Crippen LogP contribution in [0.25, 0.3) is 0 Å². The summed E-state index contributed by atoms with van der Waals surface area (Å²) >= 11 is 3.43. The average molecular weight is 350 g/mol. The van der Waals surface area contributed by atoms with E-state index in [0.717, 1.165) is 21.6 Å². The summed E-state index contributed by atoms with van der Waals surface area (Å²) in [5.74, 6) is 0.865. The predicted molar refractivity (Wildman–Crippen MR) is 87.7 cm³/mol. The van der Waals surface area contributed by atoms with E-state index in [4.69, 9.17) is 15.7 Å². The molecular formula is C15H16BrN3O2. The van der Waals surface area contributed by atoms with E-state index in [1.54, 1.807) is 13.2 Å². The summed E-state index contributed by atoms with van der Waals surface area (Å²) < 4.78 is 5.99. The molecule has 0 atom stereocenters. The largest absolute Gasteiger partial charge is 0.497 e. The molecule has 2 aromatic rings. The molecule has 0 heterocycles. The molecule has 3 N–H and O–H groups in total. The molecule has 2 aromatic carbocycles. The van der Waals surface area contributed by atoms with E-state index in [2.05, 4.69) is 21.1 Å². The Labute approximate surface area is 131 Å². The van der Waals surface area contributed by atoms with Gasteiger partial charge < -0.3 is 20.6 Å². The third kappa shape index (κ3) is 3.28.